The van der Waals surface area contributed by atoms with Crippen molar-refractivity contribution in [3.05, 3.63) is 82.8 Å². The molecule has 2 N–H and O–H groups in total. The number of ketones is 1. The maximum absolute atomic E-state index is 13.0. The van der Waals surface area contributed by atoms with Gasteiger partial charge in [-0.2, -0.15) is 0 Å². The van der Waals surface area contributed by atoms with Crippen molar-refractivity contribution in [2.75, 3.05) is 12.0 Å². The number of hydrogen-bond acceptors (Lipinski definition) is 6. The number of halogens is 1. The molecule has 1 unspecified atom stereocenters. The topological polar surface area (TPSA) is 100 Å². The summed E-state index contributed by atoms with van der Waals surface area (Å²) in [7, 11) is 1.45. The van der Waals surface area contributed by atoms with Crippen molar-refractivity contribution in [1.29, 1.82) is 0 Å². The van der Waals surface area contributed by atoms with Gasteiger partial charge in [0.1, 0.15) is 29.1 Å². The highest BCUT2D eigenvalue weighted by molar-refractivity contribution is 6.52. The SMILES string of the molecule is COc1ccc(Cl)c(/C(O)=C2/C(=O)C(=O)N(c3ccccc3O)C2c2ccco2)c1. The molecule has 152 valence electrons. The minimum absolute atomic E-state index is 0.108. The third kappa shape index (κ3) is 3.09. The Bertz CT molecular complexity index is 1170. The number of furan rings is 1. The normalized spacial score (nSPS) is 18.1. The lowest BCUT2D eigenvalue weighted by Gasteiger charge is -2.24. The zero-order valence-corrected chi connectivity index (χ0v) is 16.5. The Balaban J connectivity index is 1.97. The molecular formula is C22H16ClNO6. The van der Waals surface area contributed by atoms with Crippen molar-refractivity contribution >= 4 is 34.7 Å². The summed E-state index contributed by atoms with van der Waals surface area (Å²) in [5, 5.41) is 21.5. The van der Waals surface area contributed by atoms with E-state index in [1.54, 1.807) is 30.3 Å². The van der Waals surface area contributed by atoms with Crippen LogP contribution in [-0.4, -0.2) is 29.0 Å². The Labute approximate surface area is 176 Å². The molecule has 0 aliphatic carbocycles. The molecule has 0 spiro atoms. The number of aromatic hydroxyl groups is 1. The number of nitrogens with zero attached hydrogens (tertiary/aromatic N) is 1. The van der Waals surface area contributed by atoms with E-state index in [9.17, 15) is 19.8 Å². The van der Waals surface area contributed by atoms with Gasteiger partial charge in [0.25, 0.3) is 11.7 Å². The molecule has 0 saturated carbocycles. The van der Waals surface area contributed by atoms with E-state index in [0.717, 1.165) is 4.90 Å². The number of ether oxygens (including phenoxy) is 1. The fourth-order valence-electron chi connectivity index (χ4n) is 3.42. The minimum Gasteiger partial charge on any atom is -0.507 e. The largest absolute Gasteiger partial charge is 0.507 e. The second-order valence-corrected chi connectivity index (χ2v) is 6.93. The quantitative estimate of drug-likeness (QED) is 0.368. The van der Waals surface area contributed by atoms with Crippen LogP contribution in [-0.2, 0) is 9.59 Å². The molecule has 2 heterocycles. The van der Waals surface area contributed by atoms with Gasteiger partial charge >= 0.3 is 0 Å². The summed E-state index contributed by atoms with van der Waals surface area (Å²) >= 11 is 6.24. The van der Waals surface area contributed by atoms with Crippen LogP contribution in [0.2, 0.25) is 5.02 Å². The Morgan fingerprint density at radius 2 is 1.90 bits per heavy atom. The lowest BCUT2D eigenvalue weighted by Crippen LogP contribution is -2.29. The van der Waals surface area contributed by atoms with Gasteiger partial charge in [-0.05, 0) is 42.5 Å². The van der Waals surface area contributed by atoms with Crippen molar-refractivity contribution in [2.24, 2.45) is 0 Å². The number of rotatable bonds is 4. The molecule has 1 aliphatic rings. The van der Waals surface area contributed by atoms with Crippen LogP contribution in [0.15, 0.2) is 70.9 Å². The molecule has 1 saturated heterocycles. The fraction of sp³-hybridized carbons (Fsp3) is 0.0909. The summed E-state index contributed by atoms with van der Waals surface area (Å²) in [5.41, 5.74) is 0.0213. The van der Waals surface area contributed by atoms with Gasteiger partial charge in [-0.15, -0.1) is 0 Å². The zero-order chi connectivity index (χ0) is 21.4. The number of phenols is 1. The highest BCUT2D eigenvalue weighted by Gasteiger charge is 2.49. The number of methoxy groups -OCH3 is 1. The Morgan fingerprint density at radius 3 is 2.57 bits per heavy atom. The first-order valence-electron chi connectivity index (χ1n) is 8.90. The minimum atomic E-state index is -1.10. The van der Waals surface area contributed by atoms with E-state index in [2.05, 4.69) is 0 Å². The van der Waals surface area contributed by atoms with Crippen LogP contribution in [0.1, 0.15) is 17.4 Å². The molecule has 3 aromatic rings. The first-order chi connectivity index (χ1) is 14.4. The molecule has 8 heteroatoms. The number of benzene rings is 2. The molecule has 30 heavy (non-hydrogen) atoms. The van der Waals surface area contributed by atoms with Crippen LogP contribution in [0, 0.1) is 0 Å². The first kappa shape index (κ1) is 19.6. The van der Waals surface area contributed by atoms with Crippen molar-refractivity contribution in [1.82, 2.24) is 0 Å². The van der Waals surface area contributed by atoms with Crippen LogP contribution in [0.5, 0.6) is 11.5 Å². The van der Waals surface area contributed by atoms with Gasteiger partial charge in [-0.3, -0.25) is 14.5 Å². The first-order valence-corrected chi connectivity index (χ1v) is 9.28. The number of para-hydroxylation sites is 2. The second kappa shape index (κ2) is 7.61. The molecular weight excluding hydrogens is 410 g/mol. The summed E-state index contributed by atoms with van der Waals surface area (Å²) in [4.78, 5) is 27.0. The molecule has 0 radical (unpaired) electrons. The third-order valence-corrected chi connectivity index (χ3v) is 5.16. The van der Waals surface area contributed by atoms with E-state index >= 15 is 0 Å². The number of amides is 1. The maximum Gasteiger partial charge on any atom is 0.300 e. The van der Waals surface area contributed by atoms with E-state index in [0.29, 0.717) is 5.75 Å². The van der Waals surface area contributed by atoms with Gasteiger partial charge < -0.3 is 19.4 Å². The standard InChI is InChI=1S/C22H16ClNO6/c1-29-12-8-9-14(23)13(11-12)20(26)18-19(17-7-4-10-30-17)24(22(28)21(18)27)15-5-2-3-6-16(15)25/h2-11,19,25-26H,1H3/b20-18-. The third-order valence-electron chi connectivity index (χ3n) is 4.83. The number of carbonyl (C=O) groups excluding carboxylic acids is 2. The van der Waals surface area contributed by atoms with Gasteiger partial charge in [0.05, 0.1) is 29.7 Å². The highest BCUT2D eigenvalue weighted by atomic mass is 35.5. The molecule has 1 atom stereocenters. The Hall–Kier alpha value is -3.71. The van der Waals surface area contributed by atoms with Crippen molar-refractivity contribution in [3.8, 4) is 11.5 Å². The maximum atomic E-state index is 13.0. The predicted octanol–water partition coefficient (Wildman–Crippen LogP) is 4.27. The Morgan fingerprint density at radius 1 is 1.13 bits per heavy atom. The van der Waals surface area contributed by atoms with Gasteiger partial charge in [0.15, 0.2) is 0 Å². The van der Waals surface area contributed by atoms with Crippen LogP contribution < -0.4 is 9.64 Å². The zero-order valence-electron chi connectivity index (χ0n) is 15.7. The van der Waals surface area contributed by atoms with E-state index in [-0.39, 0.29) is 33.4 Å². The van der Waals surface area contributed by atoms with Crippen LogP contribution in [0.3, 0.4) is 0 Å². The summed E-state index contributed by atoms with van der Waals surface area (Å²) in [6.45, 7) is 0. The number of Topliss-reactive ketones (excluding diaryl/α,β-unsaturated/α-hetero) is 1. The molecule has 1 aromatic heterocycles. The summed E-state index contributed by atoms with van der Waals surface area (Å²) < 4.78 is 10.6. The number of hydrogen-bond donors (Lipinski definition) is 2. The van der Waals surface area contributed by atoms with E-state index < -0.39 is 23.5 Å². The van der Waals surface area contributed by atoms with Gasteiger partial charge in [0.2, 0.25) is 0 Å². The molecule has 1 aliphatic heterocycles. The monoisotopic (exact) mass is 425 g/mol. The molecule has 2 aromatic carbocycles. The second-order valence-electron chi connectivity index (χ2n) is 6.52. The van der Waals surface area contributed by atoms with E-state index in [4.69, 9.17) is 20.8 Å². The fourth-order valence-corrected chi connectivity index (χ4v) is 3.63. The average Bonchev–Trinajstić information content (AvgIpc) is 3.36. The molecule has 4 rings (SSSR count). The van der Waals surface area contributed by atoms with Crippen molar-refractivity contribution < 1.29 is 29.0 Å². The van der Waals surface area contributed by atoms with Crippen LogP contribution in [0.25, 0.3) is 5.76 Å². The highest BCUT2D eigenvalue weighted by Crippen LogP contribution is 2.45. The van der Waals surface area contributed by atoms with Gasteiger partial charge in [-0.1, -0.05) is 23.7 Å². The number of phenolic OH excluding ortho intramolecular Hbond substituents is 1. The van der Waals surface area contributed by atoms with Crippen molar-refractivity contribution in [2.45, 2.75) is 6.04 Å². The smallest absolute Gasteiger partial charge is 0.300 e. The summed E-state index contributed by atoms with van der Waals surface area (Å²) in [6.07, 6.45) is 1.39. The van der Waals surface area contributed by atoms with E-state index in [1.807, 2.05) is 0 Å². The number of carbonyl (C=O) groups is 2. The number of aliphatic hydroxyl groups is 1. The Kier molecular flexibility index (Phi) is 4.97. The molecule has 7 nitrogen and oxygen atoms in total. The van der Waals surface area contributed by atoms with Gasteiger partial charge in [0, 0.05) is 5.56 Å². The predicted molar refractivity (Wildman–Crippen MR) is 110 cm³/mol. The van der Waals surface area contributed by atoms with Crippen LogP contribution in [0.4, 0.5) is 5.69 Å². The molecule has 1 amide bonds. The molecule has 1 fully saturated rings. The van der Waals surface area contributed by atoms with E-state index in [1.165, 1.54) is 37.6 Å². The lowest BCUT2D eigenvalue weighted by molar-refractivity contribution is -0.132. The lowest BCUT2D eigenvalue weighted by atomic mass is 9.99. The van der Waals surface area contributed by atoms with Crippen molar-refractivity contribution in [3.63, 3.8) is 0 Å². The van der Waals surface area contributed by atoms with Gasteiger partial charge in [-0.25, -0.2) is 0 Å². The molecule has 0 bridgehead atoms. The number of aliphatic hydroxyl groups excluding tert-OH is 1. The summed E-state index contributed by atoms with van der Waals surface area (Å²) in [5.74, 6) is -1.88. The van der Waals surface area contributed by atoms with Crippen LogP contribution >= 0.6 is 11.6 Å². The average molecular weight is 426 g/mol. The summed E-state index contributed by atoms with van der Waals surface area (Å²) in [6, 6.07) is 12.7. The number of anilines is 1.